The van der Waals surface area contributed by atoms with Crippen molar-refractivity contribution in [2.24, 2.45) is 5.92 Å². The summed E-state index contributed by atoms with van der Waals surface area (Å²) in [5.74, 6) is 0.806. The Morgan fingerprint density at radius 3 is 2.74 bits per heavy atom. The number of carbonyl (C=O) groups excluding carboxylic acids is 1. The summed E-state index contributed by atoms with van der Waals surface area (Å²) in [5.41, 5.74) is 4.53. The molecule has 1 heterocycles. The lowest BCUT2D eigenvalue weighted by Crippen LogP contribution is -2.18. The van der Waals surface area contributed by atoms with Gasteiger partial charge in [0.25, 0.3) is 6.01 Å². The number of nitrogens with zero attached hydrogens (tertiary/aromatic N) is 1. The Balaban J connectivity index is 1.45. The molecule has 1 aliphatic rings. The van der Waals surface area contributed by atoms with Crippen LogP contribution < -0.4 is 10.1 Å². The van der Waals surface area contributed by atoms with E-state index in [9.17, 15) is 4.79 Å². The summed E-state index contributed by atoms with van der Waals surface area (Å²) < 4.78 is 11.2. The summed E-state index contributed by atoms with van der Waals surface area (Å²) >= 11 is 0. The number of ether oxygens (including phenoxy) is 1. The zero-order valence-electron chi connectivity index (χ0n) is 15.9. The summed E-state index contributed by atoms with van der Waals surface area (Å²) in [6.45, 7) is 4.02. The van der Waals surface area contributed by atoms with Crippen molar-refractivity contribution in [2.75, 3.05) is 12.4 Å². The number of ketones is 1. The Hall–Kier alpha value is -2.82. The summed E-state index contributed by atoms with van der Waals surface area (Å²) in [6, 6.07) is 12.4. The fourth-order valence-electron chi connectivity index (χ4n) is 3.84. The van der Waals surface area contributed by atoms with E-state index in [4.69, 9.17) is 9.15 Å². The predicted molar refractivity (Wildman–Crippen MR) is 106 cm³/mol. The Morgan fingerprint density at radius 2 is 1.93 bits per heavy atom. The minimum atomic E-state index is -0.00858. The zero-order valence-corrected chi connectivity index (χ0v) is 15.9. The number of hydrogen-bond donors (Lipinski definition) is 1. The molecule has 0 saturated heterocycles. The van der Waals surface area contributed by atoms with Crippen molar-refractivity contribution in [3.05, 3.63) is 53.1 Å². The average molecular weight is 364 g/mol. The molecule has 5 nitrogen and oxygen atoms in total. The van der Waals surface area contributed by atoms with Crippen molar-refractivity contribution in [1.29, 1.82) is 0 Å². The van der Waals surface area contributed by atoms with Gasteiger partial charge in [0.1, 0.15) is 11.3 Å². The summed E-state index contributed by atoms with van der Waals surface area (Å²) in [6.07, 6.45) is 2.54. The van der Waals surface area contributed by atoms with E-state index in [0.29, 0.717) is 17.3 Å². The van der Waals surface area contributed by atoms with Gasteiger partial charge in [-0.3, -0.25) is 4.79 Å². The first-order valence-electron chi connectivity index (χ1n) is 9.36. The standard InChI is InChI=1S/C22H24N2O3/c1-13-4-8-17(19(10-13)26-3)21(25)15-6-7-16(12-15)23-22-24-18-9-5-14(2)11-20(18)27-22/h4-5,8-11,15-16H,6-7,12H2,1-3H3,(H,23,24)/t15?,16-/m1/s1. The minimum absolute atomic E-state index is 0.00858. The molecule has 0 radical (unpaired) electrons. The molecule has 1 unspecified atom stereocenters. The van der Waals surface area contributed by atoms with E-state index in [0.717, 1.165) is 41.5 Å². The average Bonchev–Trinajstić information content (AvgIpc) is 3.27. The number of benzene rings is 2. The van der Waals surface area contributed by atoms with E-state index in [1.54, 1.807) is 7.11 Å². The number of carbonyl (C=O) groups is 1. The monoisotopic (exact) mass is 364 g/mol. The van der Waals surface area contributed by atoms with Gasteiger partial charge in [0.05, 0.1) is 12.7 Å². The van der Waals surface area contributed by atoms with Crippen LogP contribution in [0.15, 0.2) is 40.8 Å². The van der Waals surface area contributed by atoms with Gasteiger partial charge >= 0.3 is 0 Å². The van der Waals surface area contributed by atoms with Crippen LogP contribution in [-0.4, -0.2) is 23.9 Å². The second-order valence-corrected chi connectivity index (χ2v) is 7.41. The lowest BCUT2D eigenvalue weighted by Gasteiger charge is -2.14. The van der Waals surface area contributed by atoms with E-state index >= 15 is 0 Å². The highest BCUT2D eigenvalue weighted by molar-refractivity contribution is 6.00. The molecule has 5 heteroatoms. The second kappa shape index (κ2) is 7.06. The van der Waals surface area contributed by atoms with Crippen molar-refractivity contribution in [1.82, 2.24) is 4.98 Å². The van der Waals surface area contributed by atoms with Crippen LogP contribution in [0.1, 0.15) is 40.7 Å². The number of aryl methyl sites for hydroxylation is 2. The number of anilines is 1. The second-order valence-electron chi connectivity index (χ2n) is 7.41. The highest BCUT2D eigenvalue weighted by atomic mass is 16.5. The highest BCUT2D eigenvalue weighted by Crippen LogP contribution is 2.33. The molecule has 3 aromatic rings. The molecule has 1 fully saturated rings. The summed E-state index contributed by atoms with van der Waals surface area (Å²) in [5, 5.41) is 3.36. The van der Waals surface area contributed by atoms with E-state index < -0.39 is 0 Å². The third-order valence-corrected chi connectivity index (χ3v) is 5.30. The molecule has 27 heavy (non-hydrogen) atoms. The number of methoxy groups -OCH3 is 1. The number of fused-ring (bicyclic) bond motifs is 1. The van der Waals surface area contributed by atoms with Crippen LogP contribution in [0, 0.1) is 19.8 Å². The molecule has 0 spiro atoms. The van der Waals surface area contributed by atoms with E-state index in [1.165, 1.54) is 0 Å². The van der Waals surface area contributed by atoms with E-state index in [-0.39, 0.29) is 17.7 Å². The van der Waals surface area contributed by atoms with Crippen molar-refractivity contribution in [3.8, 4) is 5.75 Å². The SMILES string of the molecule is COc1cc(C)ccc1C(=O)C1CC[C@@H](Nc2nc3ccc(C)cc3o2)C1. The minimum Gasteiger partial charge on any atom is -0.496 e. The topological polar surface area (TPSA) is 64.4 Å². The first-order valence-corrected chi connectivity index (χ1v) is 9.36. The van der Waals surface area contributed by atoms with Crippen molar-refractivity contribution < 1.29 is 13.9 Å². The number of hydrogen-bond acceptors (Lipinski definition) is 5. The van der Waals surface area contributed by atoms with Gasteiger partial charge in [-0.1, -0.05) is 12.1 Å². The maximum Gasteiger partial charge on any atom is 0.295 e. The number of aromatic nitrogens is 1. The maximum absolute atomic E-state index is 13.0. The van der Waals surface area contributed by atoms with E-state index in [1.807, 2.05) is 50.2 Å². The van der Waals surface area contributed by atoms with Gasteiger partial charge in [0, 0.05) is 12.0 Å². The van der Waals surface area contributed by atoms with Crippen molar-refractivity contribution in [3.63, 3.8) is 0 Å². The molecule has 140 valence electrons. The molecule has 4 rings (SSSR count). The van der Waals surface area contributed by atoms with Crippen LogP contribution in [0.3, 0.4) is 0 Å². The smallest absolute Gasteiger partial charge is 0.295 e. The molecular formula is C22H24N2O3. The Kier molecular flexibility index (Phi) is 4.60. The number of rotatable bonds is 5. The molecule has 2 atom stereocenters. The van der Waals surface area contributed by atoms with Gasteiger partial charge in [0.2, 0.25) is 0 Å². The van der Waals surface area contributed by atoms with Crippen molar-refractivity contribution >= 4 is 22.9 Å². The molecule has 1 saturated carbocycles. The fourth-order valence-corrected chi connectivity index (χ4v) is 3.84. The summed E-state index contributed by atoms with van der Waals surface area (Å²) in [4.78, 5) is 17.5. The molecule has 2 aromatic carbocycles. The molecule has 1 N–H and O–H groups in total. The zero-order chi connectivity index (χ0) is 19.0. The molecule has 1 aliphatic carbocycles. The fraction of sp³-hybridized carbons (Fsp3) is 0.364. The lowest BCUT2D eigenvalue weighted by atomic mass is 9.94. The maximum atomic E-state index is 13.0. The van der Waals surface area contributed by atoms with Gasteiger partial charge < -0.3 is 14.5 Å². The normalized spacial score (nSPS) is 19.4. The third-order valence-electron chi connectivity index (χ3n) is 5.30. The lowest BCUT2D eigenvalue weighted by molar-refractivity contribution is 0.0919. The van der Waals surface area contributed by atoms with Crippen LogP contribution in [0.25, 0.3) is 11.1 Å². The Bertz CT molecular complexity index is 992. The van der Waals surface area contributed by atoms with Gasteiger partial charge in [-0.15, -0.1) is 0 Å². The number of Topliss-reactive ketones (excluding diaryl/α,β-unsaturated/α-hetero) is 1. The first-order chi connectivity index (χ1) is 13.0. The summed E-state index contributed by atoms with van der Waals surface area (Å²) in [7, 11) is 1.61. The Labute approximate surface area is 158 Å². The first kappa shape index (κ1) is 17.6. The number of nitrogens with one attached hydrogen (secondary N) is 1. The van der Waals surface area contributed by atoms with Crippen LogP contribution in [0.5, 0.6) is 5.75 Å². The van der Waals surface area contributed by atoms with Gasteiger partial charge in [0.15, 0.2) is 11.4 Å². The van der Waals surface area contributed by atoms with Crippen LogP contribution in [-0.2, 0) is 0 Å². The van der Waals surface area contributed by atoms with Gasteiger partial charge in [-0.25, -0.2) is 0 Å². The molecule has 0 amide bonds. The predicted octanol–water partition coefficient (Wildman–Crippen LogP) is 4.92. The van der Waals surface area contributed by atoms with E-state index in [2.05, 4.69) is 10.3 Å². The third kappa shape index (κ3) is 3.54. The molecular weight excluding hydrogens is 340 g/mol. The van der Waals surface area contributed by atoms with Gasteiger partial charge in [-0.05, 0) is 68.5 Å². The van der Waals surface area contributed by atoms with Crippen molar-refractivity contribution in [2.45, 2.75) is 39.2 Å². The Morgan fingerprint density at radius 1 is 1.15 bits per heavy atom. The largest absolute Gasteiger partial charge is 0.496 e. The van der Waals surface area contributed by atoms with Crippen LogP contribution >= 0.6 is 0 Å². The molecule has 0 bridgehead atoms. The van der Waals surface area contributed by atoms with Crippen LogP contribution in [0.2, 0.25) is 0 Å². The highest BCUT2D eigenvalue weighted by Gasteiger charge is 2.32. The van der Waals surface area contributed by atoms with Crippen LogP contribution in [0.4, 0.5) is 6.01 Å². The quantitative estimate of drug-likeness (QED) is 0.651. The number of oxazole rings is 1. The van der Waals surface area contributed by atoms with Gasteiger partial charge in [-0.2, -0.15) is 4.98 Å². The molecule has 0 aliphatic heterocycles. The molecule has 1 aromatic heterocycles.